The van der Waals surface area contributed by atoms with Crippen molar-refractivity contribution in [1.29, 1.82) is 0 Å². The van der Waals surface area contributed by atoms with Crippen molar-refractivity contribution in [3.8, 4) is 22.6 Å². The largest absolute Gasteiger partial charge is 0.378 e. The predicted molar refractivity (Wildman–Crippen MR) is 151 cm³/mol. The molecule has 0 spiro atoms. The molecule has 1 aliphatic rings. The zero-order chi connectivity index (χ0) is 25.8. The van der Waals surface area contributed by atoms with Crippen LogP contribution in [0.3, 0.4) is 0 Å². The number of aryl methyl sites for hydroxylation is 1. The summed E-state index contributed by atoms with van der Waals surface area (Å²) < 4.78 is 13.6. The summed E-state index contributed by atoms with van der Waals surface area (Å²) in [5, 5.41) is 6.08. The van der Waals surface area contributed by atoms with Gasteiger partial charge in [-0.2, -0.15) is 5.10 Å². The fourth-order valence-corrected chi connectivity index (χ4v) is 5.13. The Morgan fingerprint density at radius 2 is 1.76 bits per heavy atom. The van der Waals surface area contributed by atoms with Crippen molar-refractivity contribution in [2.75, 3.05) is 37.8 Å². The second-order valence-corrected chi connectivity index (χ2v) is 16.3. The molecule has 9 heteroatoms. The van der Waals surface area contributed by atoms with E-state index in [1.165, 1.54) is 0 Å². The molecule has 194 valence electrons. The summed E-state index contributed by atoms with van der Waals surface area (Å²) in [6.07, 6.45) is 6.59. The van der Waals surface area contributed by atoms with Gasteiger partial charge in [0, 0.05) is 62.9 Å². The summed E-state index contributed by atoms with van der Waals surface area (Å²) in [7, 11) is -1.16. The van der Waals surface area contributed by atoms with Crippen molar-refractivity contribution in [1.82, 2.24) is 24.7 Å². The van der Waals surface area contributed by atoms with Gasteiger partial charge in [0.15, 0.2) is 5.82 Å². The second-order valence-electron chi connectivity index (χ2n) is 10.7. The number of aromatic nitrogens is 5. The first-order valence-corrected chi connectivity index (χ1v) is 16.8. The Morgan fingerprint density at radius 3 is 2.49 bits per heavy atom. The van der Waals surface area contributed by atoms with E-state index in [2.05, 4.69) is 70.7 Å². The number of hydrogen-bond acceptors (Lipinski definition) is 7. The first-order valence-electron chi connectivity index (χ1n) is 13.1. The van der Waals surface area contributed by atoms with E-state index >= 15 is 0 Å². The molecule has 0 saturated carbocycles. The number of morpholine rings is 1. The average Bonchev–Trinajstić information content (AvgIpc) is 3.29. The van der Waals surface area contributed by atoms with E-state index in [0.29, 0.717) is 12.6 Å². The number of benzene rings is 1. The van der Waals surface area contributed by atoms with Crippen LogP contribution in [0.15, 0.2) is 48.9 Å². The van der Waals surface area contributed by atoms with Crippen molar-refractivity contribution >= 4 is 24.8 Å². The summed E-state index contributed by atoms with van der Waals surface area (Å²) in [5.41, 5.74) is 5.07. The van der Waals surface area contributed by atoms with Crippen LogP contribution >= 0.6 is 0 Å². The lowest BCUT2D eigenvalue weighted by molar-refractivity contribution is 0.0818. The zero-order valence-corrected chi connectivity index (χ0v) is 23.3. The molecule has 8 nitrogen and oxygen atoms in total. The predicted octanol–water partition coefficient (Wildman–Crippen LogP) is 5.27. The van der Waals surface area contributed by atoms with E-state index in [-0.39, 0.29) is 0 Å². The Bertz CT molecular complexity index is 1340. The van der Waals surface area contributed by atoms with Crippen LogP contribution < -0.4 is 4.90 Å². The Labute approximate surface area is 219 Å². The molecule has 0 aliphatic carbocycles. The van der Waals surface area contributed by atoms with Gasteiger partial charge in [0.05, 0.1) is 18.7 Å². The monoisotopic (exact) mass is 516 g/mol. The van der Waals surface area contributed by atoms with Crippen LogP contribution in [-0.4, -0.2) is 65.7 Å². The zero-order valence-electron chi connectivity index (χ0n) is 22.3. The van der Waals surface area contributed by atoms with Gasteiger partial charge in [-0.15, -0.1) is 0 Å². The summed E-state index contributed by atoms with van der Waals surface area (Å²) in [4.78, 5) is 16.1. The van der Waals surface area contributed by atoms with Gasteiger partial charge in [-0.1, -0.05) is 26.6 Å². The Hall–Kier alpha value is -3.14. The second kappa shape index (κ2) is 11.1. The molecule has 1 aliphatic heterocycles. The maximum atomic E-state index is 6.09. The molecular weight excluding hydrogens is 480 g/mol. The van der Waals surface area contributed by atoms with E-state index < -0.39 is 8.07 Å². The van der Waals surface area contributed by atoms with Gasteiger partial charge in [0.1, 0.15) is 18.2 Å². The number of nitrogens with zero attached hydrogens (tertiary/aromatic N) is 6. The molecule has 37 heavy (non-hydrogen) atoms. The van der Waals surface area contributed by atoms with E-state index in [1.54, 1.807) is 0 Å². The number of pyridine rings is 1. The van der Waals surface area contributed by atoms with Crippen molar-refractivity contribution < 1.29 is 9.47 Å². The van der Waals surface area contributed by atoms with E-state index in [9.17, 15) is 0 Å². The van der Waals surface area contributed by atoms with Gasteiger partial charge in [-0.05, 0) is 48.4 Å². The number of rotatable bonds is 9. The quantitative estimate of drug-likeness (QED) is 0.222. The maximum absolute atomic E-state index is 6.09. The molecule has 4 heterocycles. The third kappa shape index (κ3) is 6.06. The lowest BCUT2D eigenvalue weighted by atomic mass is 10.1. The third-order valence-corrected chi connectivity index (χ3v) is 8.39. The fourth-order valence-electron chi connectivity index (χ4n) is 4.38. The topological polar surface area (TPSA) is 78.2 Å². The minimum absolute atomic E-state index is 0.420. The van der Waals surface area contributed by atoms with Crippen molar-refractivity contribution in [3.63, 3.8) is 0 Å². The van der Waals surface area contributed by atoms with Crippen LogP contribution in [0.2, 0.25) is 25.7 Å². The van der Waals surface area contributed by atoms with Gasteiger partial charge < -0.3 is 14.4 Å². The Balaban J connectivity index is 1.52. The van der Waals surface area contributed by atoms with Crippen LogP contribution in [0.1, 0.15) is 12.5 Å². The lowest BCUT2D eigenvalue weighted by Gasteiger charge is -2.27. The van der Waals surface area contributed by atoms with E-state index in [4.69, 9.17) is 14.6 Å². The van der Waals surface area contributed by atoms with Crippen molar-refractivity contribution in [2.24, 2.45) is 0 Å². The maximum Gasteiger partial charge on any atom is 0.159 e. The highest BCUT2D eigenvalue weighted by Gasteiger charge is 2.18. The molecule has 0 bridgehead atoms. The minimum atomic E-state index is -1.16. The number of fused-ring (bicyclic) bond motifs is 1. The molecular formula is C28H36N6O2Si. The SMILES string of the molecule is CCc1cnc(-c2ccc3c(c2)c(-c2ccnc(N4CCOCC4)c2)nn3COCC[Si](C)(C)C)nc1. The fraction of sp³-hybridized carbons (Fsp3) is 0.429. The minimum Gasteiger partial charge on any atom is -0.378 e. The molecule has 0 atom stereocenters. The highest BCUT2D eigenvalue weighted by atomic mass is 28.3. The molecule has 3 aromatic heterocycles. The molecule has 0 unspecified atom stereocenters. The first kappa shape index (κ1) is 25.5. The van der Waals surface area contributed by atoms with Crippen molar-refractivity contribution in [3.05, 3.63) is 54.5 Å². The first-order chi connectivity index (χ1) is 17.9. The number of ether oxygens (including phenoxy) is 2. The van der Waals surface area contributed by atoms with Gasteiger partial charge in [-0.3, -0.25) is 0 Å². The highest BCUT2D eigenvalue weighted by Crippen LogP contribution is 2.32. The standard InChI is InChI=1S/C28H36N6O2Si/c1-5-21-18-30-28(31-19-21)23-6-7-25-24(16-23)27(32-34(25)20-36-14-15-37(2,3)4)22-8-9-29-26(17-22)33-10-12-35-13-11-33/h6-9,16-19H,5,10-15,20H2,1-4H3. The molecule has 0 amide bonds. The molecule has 5 rings (SSSR count). The molecule has 4 aromatic rings. The van der Waals surface area contributed by atoms with Gasteiger partial charge >= 0.3 is 0 Å². The van der Waals surface area contributed by atoms with Crippen LogP contribution in [-0.2, 0) is 22.6 Å². The molecule has 1 fully saturated rings. The van der Waals surface area contributed by atoms with E-state index in [1.807, 2.05) is 29.3 Å². The van der Waals surface area contributed by atoms with Gasteiger partial charge in [0.25, 0.3) is 0 Å². The number of hydrogen-bond donors (Lipinski definition) is 0. The third-order valence-electron chi connectivity index (χ3n) is 6.69. The van der Waals surface area contributed by atoms with Crippen LogP contribution in [0.4, 0.5) is 5.82 Å². The average molecular weight is 517 g/mol. The van der Waals surface area contributed by atoms with Crippen LogP contribution in [0.5, 0.6) is 0 Å². The Morgan fingerprint density at radius 1 is 0.973 bits per heavy atom. The van der Waals surface area contributed by atoms with Crippen LogP contribution in [0, 0.1) is 0 Å². The van der Waals surface area contributed by atoms with Gasteiger partial charge in [-0.25, -0.2) is 19.6 Å². The molecule has 1 saturated heterocycles. The lowest BCUT2D eigenvalue weighted by Crippen LogP contribution is -2.36. The summed E-state index contributed by atoms with van der Waals surface area (Å²) in [6.45, 7) is 13.5. The highest BCUT2D eigenvalue weighted by molar-refractivity contribution is 6.76. The van der Waals surface area contributed by atoms with Gasteiger partial charge in [0.2, 0.25) is 0 Å². The summed E-state index contributed by atoms with van der Waals surface area (Å²) >= 11 is 0. The molecule has 1 aromatic carbocycles. The molecule has 0 N–H and O–H groups in total. The van der Waals surface area contributed by atoms with E-state index in [0.717, 1.165) is 84.5 Å². The van der Waals surface area contributed by atoms with Crippen molar-refractivity contribution in [2.45, 2.75) is 45.8 Å². The normalized spacial score (nSPS) is 14.4. The summed E-state index contributed by atoms with van der Waals surface area (Å²) in [5.74, 6) is 1.66. The summed E-state index contributed by atoms with van der Waals surface area (Å²) in [6, 6.07) is 11.6. The number of anilines is 1. The Kier molecular flexibility index (Phi) is 7.64. The molecule has 0 radical (unpaired) electrons. The smallest absolute Gasteiger partial charge is 0.159 e. The van der Waals surface area contributed by atoms with Crippen LogP contribution in [0.25, 0.3) is 33.5 Å².